The molecule has 28 heavy (non-hydrogen) atoms. The lowest BCUT2D eigenvalue weighted by atomic mass is 9.96. The molecule has 3 atom stereocenters. The van der Waals surface area contributed by atoms with E-state index in [4.69, 9.17) is 0 Å². The second-order valence-corrected chi connectivity index (χ2v) is 7.43. The van der Waals surface area contributed by atoms with Gasteiger partial charge in [-0.3, -0.25) is 4.79 Å². The van der Waals surface area contributed by atoms with Gasteiger partial charge in [0.2, 0.25) is 0 Å². The van der Waals surface area contributed by atoms with Crippen LogP contribution >= 0.6 is 0 Å². The highest BCUT2D eigenvalue weighted by molar-refractivity contribution is 5.92. The van der Waals surface area contributed by atoms with Gasteiger partial charge in [-0.25, -0.2) is 0 Å². The van der Waals surface area contributed by atoms with Crippen LogP contribution in [0.5, 0.6) is 0 Å². The molecule has 1 saturated carbocycles. The second kappa shape index (κ2) is 7.04. The predicted molar refractivity (Wildman–Crippen MR) is 93.2 cm³/mol. The SMILES string of the molecule is N#C[C@H](C(=O)[C@@H]1C[C@H]1c1ccccc1C(F)(F)F)c1nnc2n1CCCCC2. The molecule has 2 heterocycles. The fourth-order valence-electron chi connectivity index (χ4n) is 4.12. The van der Waals surface area contributed by atoms with Crippen LogP contribution in [0.25, 0.3) is 0 Å². The quantitative estimate of drug-likeness (QED) is 0.794. The van der Waals surface area contributed by atoms with Gasteiger partial charge in [-0.2, -0.15) is 18.4 Å². The summed E-state index contributed by atoms with van der Waals surface area (Å²) in [5.74, 6) is -1.44. The number of ketones is 1. The fraction of sp³-hybridized carbons (Fsp3) is 0.500. The summed E-state index contributed by atoms with van der Waals surface area (Å²) >= 11 is 0. The van der Waals surface area contributed by atoms with Crippen LogP contribution in [0.2, 0.25) is 0 Å². The minimum Gasteiger partial charge on any atom is -0.313 e. The van der Waals surface area contributed by atoms with Gasteiger partial charge < -0.3 is 4.57 Å². The molecule has 1 fully saturated rings. The molecule has 1 aliphatic heterocycles. The number of carbonyl (C=O) groups excluding carboxylic acids is 1. The smallest absolute Gasteiger partial charge is 0.313 e. The van der Waals surface area contributed by atoms with Gasteiger partial charge in [-0.15, -0.1) is 10.2 Å². The minimum absolute atomic E-state index is 0.130. The number of aryl methyl sites for hydroxylation is 1. The zero-order valence-electron chi connectivity index (χ0n) is 15.1. The van der Waals surface area contributed by atoms with Crippen molar-refractivity contribution in [2.45, 2.75) is 56.7 Å². The van der Waals surface area contributed by atoms with Crippen LogP contribution < -0.4 is 0 Å². The van der Waals surface area contributed by atoms with Crippen molar-refractivity contribution in [3.63, 3.8) is 0 Å². The first-order chi connectivity index (χ1) is 13.4. The van der Waals surface area contributed by atoms with Crippen LogP contribution in [0.4, 0.5) is 13.2 Å². The summed E-state index contributed by atoms with van der Waals surface area (Å²) in [6.07, 6.45) is -0.425. The molecule has 2 aromatic rings. The van der Waals surface area contributed by atoms with Crippen molar-refractivity contribution in [1.29, 1.82) is 5.26 Å². The lowest BCUT2D eigenvalue weighted by molar-refractivity contribution is -0.138. The average molecular weight is 388 g/mol. The average Bonchev–Trinajstić information content (AvgIpc) is 3.43. The largest absolute Gasteiger partial charge is 0.416 e. The summed E-state index contributed by atoms with van der Waals surface area (Å²) in [5.41, 5.74) is -0.578. The molecule has 8 heteroatoms. The first-order valence-corrected chi connectivity index (χ1v) is 9.43. The lowest BCUT2D eigenvalue weighted by Crippen LogP contribution is -2.19. The van der Waals surface area contributed by atoms with E-state index in [1.807, 2.05) is 10.6 Å². The standard InChI is InChI=1S/C20H19F3N4O/c21-20(22,23)16-7-4-3-6-12(16)13-10-14(13)18(28)15(11-24)19-26-25-17-8-2-1-5-9-27(17)19/h3-4,6-7,13-15H,1-2,5,8-10H2/t13-,14+,15+/m0/s1. The Morgan fingerprint density at radius 1 is 1.21 bits per heavy atom. The highest BCUT2D eigenvalue weighted by Crippen LogP contribution is 2.52. The Morgan fingerprint density at radius 2 is 2.00 bits per heavy atom. The topological polar surface area (TPSA) is 71.6 Å². The number of aromatic nitrogens is 3. The molecule has 0 bridgehead atoms. The lowest BCUT2D eigenvalue weighted by Gasteiger charge is -2.13. The number of fused-ring (bicyclic) bond motifs is 1. The number of benzene rings is 1. The van der Waals surface area contributed by atoms with Crippen molar-refractivity contribution in [1.82, 2.24) is 14.8 Å². The Labute approximate surface area is 160 Å². The van der Waals surface area contributed by atoms with E-state index in [9.17, 15) is 23.2 Å². The molecule has 4 rings (SSSR count). The first-order valence-electron chi connectivity index (χ1n) is 9.43. The molecule has 0 saturated heterocycles. The maximum Gasteiger partial charge on any atom is 0.416 e. The van der Waals surface area contributed by atoms with Crippen molar-refractivity contribution in [3.05, 3.63) is 47.0 Å². The molecule has 1 aliphatic carbocycles. The highest BCUT2D eigenvalue weighted by Gasteiger charge is 2.50. The van der Waals surface area contributed by atoms with Gasteiger partial charge in [0, 0.05) is 18.9 Å². The van der Waals surface area contributed by atoms with Crippen molar-refractivity contribution in [2.24, 2.45) is 5.92 Å². The molecule has 0 radical (unpaired) electrons. The molecule has 0 unspecified atom stereocenters. The Bertz CT molecular complexity index is 944. The highest BCUT2D eigenvalue weighted by atomic mass is 19.4. The Morgan fingerprint density at radius 3 is 2.75 bits per heavy atom. The van der Waals surface area contributed by atoms with Crippen LogP contribution in [0.15, 0.2) is 24.3 Å². The van der Waals surface area contributed by atoms with E-state index in [0.717, 1.165) is 37.6 Å². The Balaban J connectivity index is 1.58. The number of nitriles is 1. The van der Waals surface area contributed by atoms with Crippen molar-refractivity contribution >= 4 is 5.78 Å². The zero-order valence-corrected chi connectivity index (χ0v) is 15.1. The third-order valence-electron chi connectivity index (χ3n) is 5.63. The van der Waals surface area contributed by atoms with Crippen molar-refractivity contribution in [2.75, 3.05) is 0 Å². The van der Waals surface area contributed by atoms with Crippen molar-refractivity contribution in [3.8, 4) is 6.07 Å². The van der Waals surface area contributed by atoms with E-state index < -0.39 is 29.5 Å². The number of nitrogens with zero attached hydrogens (tertiary/aromatic N) is 4. The Kier molecular flexibility index (Phi) is 4.69. The van der Waals surface area contributed by atoms with Gasteiger partial charge in [-0.05, 0) is 36.8 Å². The maximum atomic E-state index is 13.3. The van der Waals surface area contributed by atoms with Gasteiger partial charge in [0.25, 0.3) is 0 Å². The normalized spacial score (nSPS) is 22.6. The number of hydrogen-bond acceptors (Lipinski definition) is 4. The molecule has 146 valence electrons. The third kappa shape index (κ3) is 3.30. The summed E-state index contributed by atoms with van der Waals surface area (Å²) in [5, 5.41) is 17.8. The molecule has 1 aromatic heterocycles. The molecule has 5 nitrogen and oxygen atoms in total. The third-order valence-corrected chi connectivity index (χ3v) is 5.63. The summed E-state index contributed by atoms with van der Waals surface area (Å²) in [7, 11) is 0. The summed E-state index contributed by atoms with van der Waals surface area (Å²) in [6.45, 7) is 0.661. The molecule has 2 aliphatic rings. The van der Waals surface area contributed by atoms with Crippen LogP contribution in [0.1, 0.15) is 60.3 Å². The van der Waals surface area contributed by atoms with Crippen LogP contribution in [-0.4, -0.2) is 20.5 Å². The summed E-state index contributed by atoms with van der Waals surface area (Å²) < 4.78 is 41.7. The first kappa shape index (κ1) is 18.7. The van der Waals surface area contributed by atoms with Crippen molar-refractivity contribution < 1.29 is 18.0 Å². The number of rotatable bonds is 4. The molecule has 0 N–H and O–H groups in total. The minimum atomic E-state index is -4.47. The van der Waals surface area contributed by atoms with Gasteiger partial charge in [0.05, 0.1) is 11.6 Å². The van der Waals surface area contributed by atoms with E-state index in [-0.39, 0.29) is 11.3 Å². The van der Waals surface area contributed by atoms with Crippen LogP contribution in [-0.2, 0) is 23.9 Å². The molecule has 0 amide bonds. The van der Waals surface area contributed by atoms with Crippen LogP contribution in [0.3, 0.4) is 0 Å². The maximum absolute atomic E-state index is 13.3. The fourth-order valence-corrected chi connectivity index (χ4v) is 4.12. The number of carbonyl (C=O) groups is 1. The van der Waals surface area contributed by atoms with Gasteiger partial charge in [0.1, 0.15) is 5.82 Å². The van der Waals surface area contributed by atoms with E-state index >= 15 is 0 Å². The second-order valence-electron chi connectivity index (χ2n) is 7.43. The van der Waals surface area contributed by atoms with Gasteiger partial charge in [-0.1, -0.05) is 24.6 Å². The predicted octanol–water partition coefficient (Wildman–Crippen LogP) is 4.00. The Hall–Kier alpha value is -2.69. The van der Waals surface area contributed by atoms with Gasteiger partial charge >= 0.3 is 6.18 Å². The van der Waals surface area contributed by atoms with Crippen LogP contribution in [0, 0.1) is 17.2 Å². The number of alkyl halides is 3. The van der Waals surface area contributed by atoms with Gasteiger partial charge in [0.15, 0.2) is 17.5 Å². The van der Waals surface area contributed by atoms with E-state index in [1.54, 1.807) is 6.07 Å². The number of hydrogen-bond donors (Lipinski definition) is 0. The molecular formula is C20H19F3N4O. The summed E-state index contributed by atoms with van der Waals surface area (Å²) in [6, 6.07) is 7.37. The van der Waals surface area contributed by atoms with E-state index in [1.165, 1.54) is 12.1 Å². The number of Topliss-reactive ketones (excluding diaryl/α,β-unsaturated/α-hetero) is 1. The monoisotopic (exact) mass is 388 g/mol. The van der Waals surface area contributed by atoms with E-state index in [2.05, 4.69) is 10.2 Å². The molecule has 1 aromatic carbocycles. The molecular weight excluding hydrogens is 369 g/mol. The summed E-state index contributed by atoms with van der Waals surface area (Å²) in [4.78, 5) is 13.0. The number of halogens is 3. The van der Waals surface area contributed by atoms with E-state index in [0.29, 0.717) is 18.8 Å². The zero-order chi connectivity index (χ0) is 19.9. The molecule has 0 spiro atoms.